The Hall–Kier alpha value is -1.84. The smallest absolute Gasteiger partial charge is 0.248 e. The normalized spacial score (nSPS) is 19.9. The Morgan fingerprint density at radius 1 is 1.35 bits per heavy atom. The van der Waals surface area contributed by atoms with Crippen molar-refractivity contribution in [1.29, 1.82) is 0 Å². The van der Waals surface area contributed by atoms with Crippen molar-refractivity contribution in [3.05, 3.63) is 29.8 Å². The van der Waals surface area contributed by atoms with Crippen LogP contribution in [0.15, 0.2) is 24.3 Å². The van der Waals surface area contributed by atoms with Crippen molar-refractivity contribution in [2.24, 2.45) is 0 Å². The zero-order valence-electron chi connectivity index (χ0n) is 10.1. The summed E-state index contributed by atoms with van der Waals surface area (Å²) in [5.41, 5.74) is 2.01. The van der Waals surface area contributed by atoms with E-state index in [4.69, 9.17) is 0 Å². The molecule has 1 aliphatic heterocycles. The predicted molar refractivity (Wildman–Crippen MR) is 65.5 cm³/mol. The van der Waals surface area contributed by atoms with Crippen molar-refractivity contribution in [3.63, 3.8) is 0 Å². The molecule has 1 fully saturated rings. The van der Waals surface area contributed by atoms with E-state index in [-0.39, 0.29) is 18.6 Å². The van der Waals surface area contributed by atoms with Crippen molar-refractivity contribution in [1.82, 2.24) is 4.90 Å². The maximum Gasteiger partial charge on any atom is 0.248 e. The topological polar surface area (TPSA) is 40.6 Å². The van der Waals surface area contributed by atoms with Crippen molar-refractivity contribution < 1.29 is 9.59 Å². The highest BCUT2D eigenvalue weighted by Gasteiger charge is 2.36. The molecule has 0 bridgehead atoms. The summed E-state index contributed by atoms with van der Waals surface area (Å²) in [6.07, 6.45) is 1.33. The molecule has 1 aliphatic rings. The van der Waals surface area contributed by atoms with Gasteiger partial charge in [-0.1, -0.05) is 24.6 Å². The van der Waals surface area contributed by atoms with Gasteiger partial charge in [-0.2, -0.15) is 0 Å². The molecule has 17 heavy (non-hydrogen) atoms. The van der Waals surface area contributed by atoms with Crippen LogP contribution in [0, 0.1) is 6.92 Å². The van der Waals surface area contributed by atoms with E-state index in [1.807, 2.05) is 38.1 Å². The number of benzene rings is 1. The van der Waals surface area contributed by atoms with Gasteiger partial charge in [0.25, 0.3) is 0 Å². The van der Waals surface area contributed by atoms with Crippen LogP contribution < -0.4 is 4.90 Å². The molecule has 0 aromatic heterocycles. The number of rotatable bonds is 3. The molecular formula is C13H16N2O2. The molecule has 1 aromatic carbocycles. The molecule has 2 amide bonds. The number of anilines is 1. The van der Waals surface area contributed by atoms with E-state index in [0.717, 1.165) is 24.1 Å². The Morgan fingerprint density at radius 2 is 2.00 bits per heavy atom. The van der Waals surface area contributed by atoms with Gasteiger partial charge in [0.1, 0.15) is 12.7 Å². The van der Waals surface area contributed by atoms with Gasteiger partial charge in [-0.25, -0.2) is 0 Å². The van der Waals surface area contributed by atoms with Crippen LogP contribution >= 0.6 is 0 Å². The summed E-state index contributed by atoms with van der Waals surface area (Å²) >= 11 is 0. The van der Waals surface area contributed by atoms with Crippen LogP contribution in [0.3, 0.4) is 0 Å². The van der Waals surface area contributed by atoms with Crippen molar-refractivity contribution in [3.8, 4) is 0 Å². The van der Waals surface area contributed by atoms with Crippen LogP contribution in [-0.2, 0) is 9.59 Å². The van der Waals surface area contributed by atoms with Crippen LogP contribution in [0.2, 0.25) is 0 Å². The summed E-state index contributed by atoms with van der Waals surface area (Å²) in [5.74, 6) is -0.0206. The maximum absolute atomic E-state index is 11.9. The third-order valence-electron chi connectivity index (χ3n) is 3.08. The van der Waals surface area contributed by atoms with Crippen LogP contribution in [0.25, 0.3) is 0 Å². The van der Waals surface area contributed by atoms with Gasteiger partial charge in [0, 0.05) is 5.69 Å². The maximum atomic E-state index is 11.9. The minimum Gasteiger partial charge on any atom is -0.315 e. The highest BCUT2D eigenvalue weighted by Crippen LogP contribution is 2.25. The van der Waals surface area contributed by atoms with Crippen LogP contribution in [0.4, 0.5) is 5.69 Å². The molecule has 1 aromatic rings. The summed E-state index contributed by atoms with van der Waals surface area (Å²) in [7, 11) is 0. The first-order chi connectivity index (χ1) is 8.17. The average Bonchev–Trinajstić information content (AvgIpc) is 2.66. The molecular weight excluding hydrogens is 216 g/mol. The number of aryl methyl sites for hydroxylation is 1. The lowest BCUT2D eigenvalue weighted by molar-refractivity contribution is -0.122. The van der Waals surface area contributed by atoms with E-state index < -0.39 is 0 Å². The van der Waals surface area contributed by atoms with Crippen LogP contribution in [0.1, 0.15) is 18.9 Å². The predicted octanol–water partition coefficient (Wildman–Crippen LogP) is 1.54. The summed E-state index contributed by atoms with van der Waals surface area (Å²) in [6, 6.07) is 7.78. The fourth-order valence-electron chi connectivity index (χ4n) is 2.20. The fraction of sp³-hybridized carbons (Fsp3) is 0.385. The molecule has 90 valence electrons. The second-order valence-electron chi connectivity index (χ2n) is 4.27. The van der Waals surface area contributed by atoms with Gasteiger partial charge in [-0.3, -0.25) is 14.5 Å². The minimum atomic E-state index is -0.150. The Kier molecular flexibility index (Phi) is 3.13. The highest BCUT2D eigenvalue weighted by molar-refractivity contribution is 5.99. The molecule has 0 radical (unpaired) electrons. The van der Waals surface area contributed by atoms with E-state index >= 15 is 0 Å². The van der Waals surface area contributed by atoms with Gasteiger partial charge in [0.15, 0.2) is 0 Å². The van der Waals surface area contributed by atoms with Crippen molar-refractivity contribution >= 4 is 18.0 Å². The van der Waals surface area contributed by atoms with Gasteiger partial charge in [-0.05, 0) is 25.5 Å². The van der Waals surface area contributed by atoms with Gasteiger partial charge in [0.05, 0.1) is 0 Å². The molecule has 4 heteroatoms. The molecule has 0 saturated carbocycles. The third-order valence-corrected chi connectivity index (χ3v) is 3.08. The Balaban J connectivity index is 2.33. The fourth-order valence-corrected chi connectivity index (χ4v) is 2.20. The largest absolute Gasteiger partial charge is 0.315 e. The zero-order chi connectivity index (χ0) is 12.4. The quantitative estimate of drug-likeness (QED) is 0.742. The highest BCUT2D eigenvalue weighted by atomic mass is 16.2. The molecule has 0 spiro atoms. The molecule has 0 N–H and O–H groups in total. The molecule has 4 nitrogen and oxygen atoms in total. The van der Waals surface area contributed by atoms with Crippen molar-refractivity contribution in [2.75, 3.05) is 11.4 Å². The lowest BCUT2D eigenvalue weighted by Crippen LogP contribution is -2.38. The first kappa shape index (κ1) is 11.6. The summed E-state index contributed by atoms with van der Waals surface area (Å²) in [4.78, 5) is 26.1. The number of amides is 2. The molecule has 1 unspecified atom stereocenters. The summed E-state index contributed by atoms with van der Waals surface area (Å²) in [5, 5.41) is 0. The SMILES string of the molecule is CCC1N(C=O)CC(=O)N1c1ccc(C)cc1. The van der Waals surface area contributed by atoms with Crippen LogP contribution in [-0.4, -0.2) is 29.9 Å². The lowest BCUT2D eigenvalue weighted by atomic mass is 10.2. The van der Waals surface area contributed by atoms with Crippen LogP contribution in [0.5, 0.6) is 0 Å². The Morgan fingerprint density at radius 3 is 2.53 bits per heavy atom. The van der Waals surface area contributed by atoms with E-state index in [1.54, 1.807) is 9.80 Å². The van der Waals surface area contributed by atoms with E-state index in [2.05, 4.69) is 0 Å². The van der Waals surface area contributed by atoms with E-state index in [1.165, 1.54) is 0 Å². The van der Waals surface area contributed by atoms with E-state index in [0.29, 0.717) is 0 Å². The first-order valence-electron chi connectivity index (χ1n) is 5.77. The monoisotopic (exact) mass is 232 g/mol. The first-order valence-corrected chi connectivity index (χ1v) is 5.77. The Labute approximate surface area is 101 Å². The van der Waals surface area contributed by atoms with Crippen molar-refractivity contribution in [2.45, 2.75) is 26.4 Å². The molecule has 2 rings (SSSR count). The number of carbonyl (C=O) groups is 2. The number of hydrogen-bond donors (Lipinski definition) is 0. The van der Waals surface area contributed by atoms with Gasteiger partial charge in [-0.15, -0.1) is 0 Å². The summed E-state index contributed by atoms with van der Waals surface area (Å²) in [6.45, 7) is 4.15. The third kappa shape index (κ3) is 2.02. The number of hydrogen-bond acceptors (Lipinski definition) is 2. The molecule has 1 saturated heterocycles. The second kappa shape index (κ2) is 4.57. The minimum absolute atomic E-state index is 0.0206. The molecule has 1 atom stereocenters. The standard InChI is InChI=1S/C13H16N2O2/c1-3-12-14(9-16)8-13(17)15(12)11-6-4-10(2)5-7-11/h4-7,9,12H,3,8H2,1-2H3. The second-order valence-corrected chi connectivity index (χ2v) is 4.27. The molecule has 1 heterocycles. The molecule has 0 aliphatic carbocycles. The number of carbonyl (C=O) groups excluding carboxylic acids is 2. The van der Waals surface area contributed by atoms with E-state index in [9.17, 15) is 9.59 Å². The van der Waals surface area contributed by atoms with Gasteiger partial charge in [0.2, 0.25) is 12.3 Å². The zero-order valence-corrected chi connectivity index (χ0v) is 10.1. The number of nitrogens with zero attached hydrogens (tertiary/aromatic N) is 2. The van der Waals surface area contributed by atoms with Gasteiger partial charge < -0.3 is 4.90 Å². The summed E-state index contributed by atoms with van der Waals surface area (Å²) < 4.78 is 0. The average molecular weight is 232 g/mol. The van der Waals surface area contributed by atoms with Gasteiger partial charge >= 0.3 is 0 Å². The Bertz CT molecular complexity index is 428. The lowest BCUT2D eigenvalue weighted by Gasteiger charge is -2.26.